The van der Waals surface area contributed by atoms with Gasteiger partial charge in [-0.3, -0.25) is 4.79 Å². The van der Waals surface area contributed by atoms with Crippen LogP contribution in [0.15, 0.2) is 0 Å². The van der Waals surface area contributed by atoms with E-state index in [1.165, 1.54) is 4.88 Å². The molecule has 0 aliphatic carbocycles. The molecule has 0 aromatic carbocycles. The molecule has 0 aliphatic rings. The fourth-order valence-corrected chi connectivity index (χ4v) is 2.78. The molecule has 102 valence electrons. The fraction of sp³-hybridized carbons (Fsp3) is 0.692. The highest BCUT2D eigenvalue weighted by molar-refractivity contribution is 7.11. The van der Waals surface area contributed by atoms with Gasteiger partial charge in [-0.1, -0.05) is 0 Å². The van der Waals surface area contributed by atoms with Crippen LogP contribution in [-0.4, -0.2) is 36.4 Å². The number of carbonyl (C=O) groups excluding carboxylic acids is 1. The molecule has 0 aliphatic heterocycles. The van der Waals surface area contributed by atoms with Gasteiger partial charge in [0.2, 0.25) is 5.91 Å². The van der Waals surface area contributed by atoms with E-state index in [9.17, 15) is 4.79 Å². The van der Waals surface area contributed by atoms with Gasteiger partial charge in [0, 0.05) is 31.4 Å². The molecule has 1 aromatic heterocycles. The summed E-state index contributed by atoms with van der Waals surface area (Å²) in [6.07, 6.45) is 1.48. The van der Waals surface area contributed by atoms with Crippen LogP contribution in [-0.2, 0) is 4.79 Å². The summed E-state index contributed by atoms with van der Waals surface area (Å²) in [6, 6.07) is 0.311. The minimum atomic E-state index is 0.189. The predicted molar refractivity (Wildman–Crippen MR) is 75.9 cm³/mol. The van der Waals surface area contributed by atoms with E-state index in [1.54, 1.807) is 30.3 Å². The Balaban J connectivity index is 2.32. The number of hydrogen-bond donors (Lipinski definition) is 1. The molecule has 1 aromatic rings. The van der Waals surface area contributed by atoms with Crippen molar-refractivity contribution < 1.29 is 4.79 Å². The molecular weight excluding hydrogens is 246 g/mol. The molecule has 1 heterocycles. The van der Waals surface area contributed by atoms with Crippen molar-refractivity contribution in [3.8, 4) is 0 Å². The van der Waals surface area contributed by atoms with Crippen molar-refractivity contribution in [1.29, 1.82) is 0 Å². The molecule has 5 heteroatoms. The lowest BCUT2D eigenvalue weighted by molar-refractivity contribution is -0.128. The molecule has 4 nitrogen and oxygen atoms in total. The Kier molecular flexibility index (Phi) is 5.75. The van der Waals surface area contributed by atoms with Crippen LogP contribution in [0.25, 0.3) is 0 Å². The van der Waals surface area contributed by atoms with Crippen LogP contribution in [0.1, 0.15) is 41.4 Å². The Hall–Kier alpha value is -0.940. The van der Waals surface area contributed by atoms with E-state index in [4.69, 9.17) is 0 Å². The maximum Gasteiger partial charge on any atom is 0.222 e. The third-order valence-corrected chi connectivity index (χ3v) is 4.11. The lowest BCUT2D eigenvalue weighted by atomic mass is 10.2. The molecule has 0 saturated carbocycles. The zero-order chi connectivity index (χ0) is 13.7. The predicted octanol–water partition coefficient (Wildman–Crippen LogP) is 2.28. The molecule has 1 unspecified atom stereocenters. The van der Waals surface area contributed by atoms with E-state index < -0.39 is 0 Å². The first-order chi connectivity index (χ1) is 8.41. The van der Waals surface area contributed by atoms with Crippen molar-refractivity contribution in [2.24, 2.45) is 0 Å². The molecule has 0 bridgehead atoms. The summed E-state index contributed by atoms with van der Waals surface area (Å²) in [7, 11) is 3.59. The quantitative estimate of drug-likeness (QED) is 0.806. The van der Waals surface area contributed by atoms with Gasteiger partial charge in [-0.25, -0.2) is 4.98 Å². The Morgan fingerprint density at radius 2 is 2.11 bits per heavy atom. The number of aromatic nitrogens is 1. The summed E-state index contributed by atoms with van der Waals surface area (Å²) >= 11 is 1.74. The minimum absolute atomic E-state index is 0.189. The van der Waals surface area contributed by atoms with Gasteiger partial charge >= 0.3 is 0 Å². The zero-order valence-electron chi connectivity index (χ0n) is 11.9. The van der Waals surface area contributed by atoms with Crippen molar-refractivity contribution in [3.05, 3.63) is 15.6 Å². The van der Waals surface area contributed by atoms with Gasteiger partial charge in [0.25, 0.3) is 0 Å². The summed E-state index contributed by atoms with van der Waals surface area (Å²) in [4.78, 5) is 18.8. The van der Waals surface area contributed by atoms with Gasteiger partial charge in [0.15, 0.2) is 0 Å². The first kappa shape index (κ1) is 15.1. The molecule has 1 amide bonds. The summed E-state index contributed by atoms with van der Waals surface area (Å²) in [6.45, 7) is 7.08. The van der Waals surface area contributed by atoms with E-state index in [0.29, 0.717) is 12.5 Å². The molecular formula is C13H23N3OS. The third kappa shape index (κ3) is 4.38. The number of hydrogen-bond acceptors (Lipinski definition) is 4. The van der Waals surface area contributed by atoms with Crippen molar-refractivity contribution in [3.63, 3.8) is 0 Å². The summed E-state index contributed by atoms with van der Waals surface area (Å²) in [5.41, 5.74) is 1.11. The van der Waals surface area contributed by atoms with Crippen molar-refractivity contribution >= 4 is 17.2 Å². The molecule has 1 atom stereocenters. The Morgan fingerprint density at radius 3 is 2.61 bits per heavy atom. The van der Waals surface area contributed by atoms with Crippen LogP contribution in [0.5, 0.6) is 0 Å². The second-order valence-electron chi connectivity index (χ2n) is 4.75. The lowest BCUT2D eigenvalue weighted by Gasteiger charge is -2.14. The number of amides is 1. The van der Waals surface area contributed by atoms with Crippen molar-refractivity contribution in [2.75, 3.05) is 20.6 Å². The molecule has 18 heavy (non-hydrogen) atoms. The Morgan fingerprint density at radius 1 is 1.44 bits per heavy atom. The maximum absolute atomic E-state index is 11.4. The number of thiazole rings is 1. The van der Waals surface area contributed by atoms with Crippen molar-refractivity contribution in [1.82, 2.24) is 15.2 Å². The van der Waals surface area contributed by atoms with Crippen molar-refractivity contribution in [2.45, 2.75) is 39.7 Å². The average Bonchev–Trinajstić information content (AvgIpc) is 2.63. The largest absolute Gasteiger partial charge is 0.349 e. The molecule has 0 spiro atoms. The summed E-state index contributed by atoms with van der Waals surface area (Å²) in [5.74, 6) is 0.189. The van der Waals surface area contributed by atoms with Gasteiger partial charge in [0.05, 0.1) is 10.7 Å². The topological polar surface area (TPSA) is 45.2 Å². The molecule has 0 fully saturated rings. The smallest absolute Gasteiger partial charge is 0.222 e. The number of nitrogens with one attached hydrogen (secondary N) is 1. The van der Waals surface area contributed by atoms with Gasteiger partial charge in [0.1, 0.15) is 0 Å². The van der Waals surface area contributed by atoms with Crippen LogP contribution in [0, 0.1) is 13.8 Å². The SMILES string of the molecule is Cc1nc(C)c(C(C)NCCCC(=O)N(C)C)s1. The van der Waals surface area contributed by atoms with Gasteiger partial charge in [-0.2, -0.15) is 0 Å². The Labute approximate surface area is 113 Å². The maximum atomic E-state index is 11.4. The second kappa shape index (κ2) is 6.85. The molecule has 1 rings (SSSR count). The van der Waals surface area contributed by atoms with E-state index in [-0.39, 0.29) is 5.91 Å². The number of aryl methyl sites for hydroxylation is 2. The number of carbonyl (C=O) groups is 1. The highest BCUT2D eigenvalue weighted by Crippen LogP contribution is 2.24. The first-order valence-electron chi connectivity index (χ1n) is 6.29. The van der Waals surface area contributed by atoms with E-state index in [2.05, 4.69) is 17.2 Å². The van der Waals surface area contributed by atoms with Crippen LogP contribution < -0.4 is 5.32 Å². The zero-order valence-corrected chi connectivity index (χ0v) is 12.7. The number of rotatable bonds is 6. The summed E-state index contributed by atoms with van der Waals surface area (Å²) in [5, 5.41) is 4.56. The van der Waals surface area contributed by atoms with E-state index in [1.807, 2.05) is 13.8 Å². The van der Waals surface area contributed by atoms with Gasteiger partial charge < -0.3 is 10.2 Å². The first-order valence-corrected chi connectivity index (χ1v) is 7.11. The van der Waals surface area contributed by atoms with Crippen LogP contribution in [0.2, 0.25) is 0 Å². The van der Waals surface area contributed by atoms with E-state index >= 15 is 0 Å². The highest BCUT2D eigenvalue weighted by atomic mass is 32.1. The average molecular weight is 269 g/mol. The molecule has 0 radical (unpaired) electrons. The number of nitrogens with zero attached hydrogens (tertiary/aromatic N) is 2. The molecule has 1 N–H and O–H groups in total. The van der Waals surface area contributed by atoms with Crippen LogP contribution in [0.3, 0.4) is 0 Å². The fourth-order valence-electron chi connectivity index (χ4n) is 1.82. The molecule has 0 saturated heterocycles. The van der Waals surface area contributed by atoms with Gasteiger partial charge in [-0.05, 0) is 33.7 Å². The van der Waals surface area contributed by atoms with Crippen LogP contribution >= 0.6 is 11.3 Å². The highest BCUT2D eigenvalue weighted by Gasteiger charge is 2.12. The standard InChI is InChI=1S/C13H23N3OS/c1-9(13-10(2)15-11(3)18-13)14-8-6-7-12(17)16(4)5/h9,14H,6-8H2,1-5H3. The monoisotopic (exact) mass is 269 g/mol. The second-order valence-corrected chi connectivity index (χ2v) is 5.98. The third-order valence-electron chi connectivity index (χ3n) is 2.85. The minimum Gasteiger partial charge on any atom is -0.349 e. The normalized spacial score (nSPS) is 12.5. The van der Waals surface area contributed by atoms with E-state index in [0.717, 1.165) is 23.7 Å². The Bertz CT molecular complexity index is 401. The van der Waals surface area contributed by atoms with Gasteiger partial charge in [-0.15, -0.1) is 11.3 Å². The van der Waals surface area contributed by atoms with Crippen LogP contribution in [0.4, 0.5) is 0 Å². The summed E-state index contributed by atoms with van der Waals surface area (Å²) < 4.78 is 0. The lowest BCUT2D eigenvalue weighted by Crippen LogP contribution is -2.24.